The molecule has 2 aromatic carbocycles. The zero-order valence-corrected chi connectivity index (χ0v) is 20.6. The summed E-state index contributed by atoms with van der Waals surface area (Å²) in [5, 5.41) is 14.5. The smallest absolute Gasteiger partial charge is 0.0942 e. The Kier molecular flexibility index (Phi) is 11.2. The number of rotatable bonds is 14. The molecule has 0 unspecified atom stereocenters. The van der Waals surface area contributed by atoms with Gasteiger partial charge >= 0.3 is 0 Å². The summed E-state index contributed by atoms with van der Waals surface area (Å²) < 4.78 is 0. The summed E-state index contributed by atoms with van der Waals surface area (Å²) in [6.45, 7) is 6.14. The standard InChI is InChI=1S/C29H45N3O/c1-24(32-21-17-26(18-22-32)23-25-11-7-6-8-12-25)29(33)27-13-15-28(16-14-27)31-20-10-5-3-2-4-9-19-30/h6-8,11-16,24,26,29,31,33H,2-5,9-10,17-23,30H2,1H3/t24-,29-/m1/s1. The van der Waals surface area contributed by atoms with E-state index in [1.807, 2.05) is 0 Å². The average Bonchev–Trinajstić information content (AvgIpc) is 2.86. The molecule has 182 valence electrons. The van der Waals surface area contributed by atoms with Gasteiger partial charge in [-0.3, -0.25) is 4.90 Å². The molecule has 1 aliphatic rings. The van der Waals surface area contributed by atoms with Crippen LogP contribution in [0.1, 0.15) is 75.5 Å². The molecule has 0 aromatic heterocycles. The van der Waals surface area contributed by atoms with Crippen molar-refractivity contribution >= 4 is 5.69 Å². The zero-order valence-electron chi connectivity index (χ0n) is 20.6. The predicted molar refractivity (Wildman–Crippen MR) is 141 cm³/mol. The molecule has 0 aliphatic carbocycles. The molecule has 4 N–H and O–H groups in total. The maximum Gasteiger partial charge on any atom is 0.0942 e. The van der Waals surface area contributed by atoms with E-state index in [4.69, 9.17) is 5.73 Å². The molecule has 2 aromatic rings. The van der Waals surface area contributed by atoms with Crippen LogP contribution in [0.5, 0.6) is 0 Å². The highest BCUT2D eigenvalue weighted by Gasteiger charge is 2.27. The summed E-state index contributed by atoms with van der Waals surface area (Å²) in [7, 11) is 0. The minimum Gasteiger partial charge on any atom is -0.387 e. The van der Waals surface area contributed by atoms with Crippen molar-refractivity contribution in [1.29, 1.82) is 0 Å². The lowest BCUT2D eigenvalue weighted by Gasteiger charge is -2.38. The molecule has 2 atom stereocenters. The number of anilines is 1. The molecular weight excluding hydrogens is 406 g/mol. The summed E-state index contributed by atoms with van der Waals surface area (Å²) in [6.07, 6.45) is 10.6. The number of nitrogens with zero attached hydrogens (tertiary/aromatic N) is 1. The fourth-order valence-electron chi connectivity index (χ4n) is 5.00. The molecule has 1 saturated heterocycles. The Morgan fingerprint density at radius 2 is 1.55 bits per heavy atom. The molecule has 0 saturated carbocycles. The van der Waals surface area contributed by atoms with E-state index in [0.717, 1.165) is 49.8 Å². The zero-order chi connectivity index (χ0) is 23.3. The number of benzene rings is 2. The maximum absolute atomic E-state index is 11.0. The van der Waals surface area contributed by atoms with E-state index in [9.17, 15) is 5.11 Å². The van der Waals surface area contributed by atoms with Gasteiger partial charge < -0.3 is 16.2 Å². The van der Waals surface area contributed by atoms with Crippen LogP contribution < -0.4 is 11.1 Å². The first-order valence-corrected chi connectivity index (χ1v) is 13.2. The van der Waals surface area contributed by atoms with Crippen molar-refractivity contribution in [3.05, 3.63) is 65.7 Å². The molecule has 1 fully saturated rings. The first-order valence-electron chi connectivity index (χ1n) is 13.2. The Labute approximate surface area is 201 Å². The fourth-order valence-corrected chi connectivity index (χ4v) is 5.00. The van der Waals surface area contributed by atoms with Crippen LogP contribution in [-0.4, -0.2) is 42.2 Å². The molecule has 4 nitrogen and oxygen atoms in total. The molecule has 33 heavy (non-hydrogen) atoms. The number of hydrogen-bond acceptors (Lipinski definition) is 4. The normalized spacial score (nSPS) is 17.1. The average molecular weight is 452 g/mol. The third-order valence-electron chi connectivity index (χ3n) is 7.26. The lowest BCUT2D eigenvalue weighted by molar-refractivity contribution is 0.0373. The Hall–Kier alpha value is -1.88. The Morgan fingerprint density at radius 1 is 0.909 bits per heavy atom. The maximum atomic E-state index is 11.0. The predicted octanol–water partition coefficient (Wildman–Crippen LogP) is 5.77. The van der Waals surface area contributed by atoms with E-state index in [1.165, 1.54) is 56.9 Å². The topological polar surface area (TPSA) is 61.5 Å². The largest absolute Gasteiger partial charge is 0.387 e. The Bertz CT molecular complexity index is 756. The molecule has 1 aliphatic heterocycles. The van der Waals surface area contributed by atoms with Crippen molar-refractivity contribution in [1.82, 2.24) is 4.90 Å². The highest BCUT2D eigenvalue weighted by atomic mass is 16.3. The minimum atomic E-state index is -0.446. The number of piperidine rings is 1. The van der Waals surface area contributed by atoms with Gasteiger partial charge in [0.25, 0.3) is 0 Å². The minimum absolute atomic E-state index is 0.140. The van der Waals surface area contributed by atoms with E-state index >= 15 is 0 Å². The van der Waals surface area contributed by atoms with Gasteiger partial charge in [0.2, 0.25) is 0 Å². The molecular formula is C29H45N3O. The quantitative estimate of drug-likeness (QED) is 0.319. The fraction of sp³-hybridized carbons (Fsp3) is 0.586. The molecule has 0 amide bonds. The highest BCUT2D eigenvalue weighted by molar-refractivity contribution is 5.45. The van der Waals surface area contributed by atoms with Crippen molar-refractivity contribution in [2.75, 3.05) is 31.5 Å². The van der Waals surface area contributed by atoms with Gasteiger partial charge in [0.1, 0.15) is 0 Å². The summed E-state index contributed by atoms with van der Waals surface area (Å²) in [5.74, 6) is 0.754. The first-order chi connectivity index (χ1) is 16.2. The van der Waals surface area contributed by atoms with Crippen molar-refractivity contribution in [2.24, 2.45) is 11.7 Å². The molecule has 3 rings (SSSR count). The van der Waals surface area contributed by atoms with Crippen LogP contribution in [0.15, 0.2) is 54.6 Å². The van der Waals surface area contributed by atoms with Crippen molar-refractivity contribution < 1.29 is 5.11 Å². The van der Waals surface area contributed by atoms with E-state index < -0.39 is 6.10 Å². The number of nitrogens with one attached hydrogen (secondary N) is 1. The van der Waals surface area contributed by atoms with E-state index in [2.05, 4.69) is 71.7 Å². The van der Waals surface area contributed by atoms with Gasteiger partial charge in [0.05, 0.1) is 6.10 Å². The summed E-state index contributed by atoms with van der Waals surface area (Å²) in [6, 6.07) is 19.4. The number of likely N-dealkylation sites (tertiary alicyclic amines) is 1. The van der Waals surface area contributed by atoms with Gasteiger partial charge in [-0.25, -0.2) is 0 Å². The van der Waals surface area contributed by atoms with E-state index in [0.29, 0.717) is 0 Å². The highest BCUT2D eigenvalue weighted by Crippen LogP contribution is 2.28. The lowest BCUT2D eigenvalue weighted by Crippen LogP contribution is -2.43. The van der Waals surface area contributed by atoms with Gasteiger partial charge in [-0.1, -0.05) is 68.1 Å². The molecule has 0 bridgehead atoms. The van der Waals surface area contributed by atoms with Gasteiger partial charge in [-0.05, 0) is 87.8 Å². The number of hydrogen-bond donors (Lipinski definition) is 3. The number of nitrogens with two attached hydrogens (primary N) is 1. The molecule has 4 heteroatoms. The third-order valence-corrected chi connectivity index (χ3v) is 7.26. The Morgan fingerprint density at radius 3 is 2.21 bits per heavy atom. The number of aliphatic hydroxyl groups excluding tert-OH is 1. The van der Waals surface area contributed by atoms with E-state index in [1.54, 1.807) is 0 Å². The summed E-state index contributed by atoms with van der Waals surface area (Å²) >= 11 is 0. The van der Waals surface area contributed by atoms with E-state index in [-0.39, 0.29) is 6.04 Å². The van der Waals surface area contributed by atoms with Crippen LogP contribution in [-0.2, 0) is 6.42 Å². The van der Waals surface area contributed by atoms with Crippen LogP contribution in [0.3, 0.4) is 0 Å². The molecule has 0 radical (unpaired) electrons. The van der Waals surface area contributed by atoms with Crippen molar-refractivity contribution in [3.63, 3.8) is 0 Å². The van der Waals surface area contributed by atoms with Gasteiger partial charge in [-0.15, -0.1) is 0 Å². The summed E-state index contributed by atoms with van der Waals surface area (Å²) in [4.78, 5) is 2.46. The van der Waals surface area contributed by atoms with Crippen molar-refractivity contribution in [2.45, 2.75) is 76.9 Å². The SMILES string of the molecule is C[C@H]([C@@H](O)c1ccc(NCCCCCCCCN)cc1)N1CCC(Cc2ccccc2)CC1. The first kappa shape index (κ1) is 25.7. The molecule has 1 heterocycles. The van der Waals surface area contributed by atoms with Crippen molar-refractivity contribution in [3.8, 4) is 0 Å². The monoisotopic (exact) mass is 451 g/mol. The molecule has 0 spiro atoms. The van der Waals surface area contributed by atoms with Crippen LogP contribution >= 0.6 is 0 Å². The number of unbranched alkanes of at least 4 members (excludes halogenated alkanes) is 5. The number of aliphatic hydroxyl groups is 1. The van der Waals surface area contributed by atoms with Gasteiger partial charge in [-0.2, -0.15) is 0 Å². The second-order valence-corrected chi connectivity index (χ2v) is 9.81. The second-order valence-electron chi connectivity index (χ2n) is 9.81. The van der Waals surface area contributed by atoms with Crippen LogP contribution in [0.2, 0.25) is 0 Å². The van der Waals surface area contributed by atoms with Gasteiger partial charge in [0.15, 0.2) is 0 Å². The second kappa shape index (κ2) is 14.4. The lowest BCUT2D eigenvalue weighted by atomic mass is 9.89. The third kappa shape index (κ3) is 8.77. The van der Waals surface area contributed by atoms with Gasteiger partial charge in [0, 0.05) is 18.3 Å². The van der Waals surface area contributed by atoms with Crippen LogP contribution in [0.25, 0.3) is 0 Å². The Balaban J connectivity index is 1.36. The van der Waals surface area contributed by atoms with Crippen LogP contribution in [0.4, 0.5) is 5.69 Å². The summed E-state index contributed by atoms with van der Waals surface area (Å²) in [5.41, 5.74) is 9.14. The van der Waals surface area contributed by atoms with Crippen LogP contribution in [0, 0.1) is 5.92 Å².